The lowest BCUT2D eigenvalue weighted by Crippen LogP contribution is -2.43. The maximum Gasteiger partial charge on any atom is 0.223 e. The summed E-state index contributed by atoms with van der Waals surface area (Å²) in [5.74, 6) is -0.351. The zero-order valence-electron chi connectivity index (χ0n) is 19.5. The highest BCUT2D eigenvalue weighted by Crippen LogP contribution is 2.29. The van der Waals surface area contributed by atoms with Gasteiger partial charge in [0.15, 0.2) is 11.5 Å². The summed E-state index contributed by atoms with van der Waals surface area (Å²) >= 11 is 5.98. The third-order valence-electron chi connectivity index (χ3n) is 5.66. The first-order valence-corrected chi connectivity index (χ1v) is 13.1. The molecule has 1 heterocycles. The maximum absolute atomic E-state index is 14.0. The maximum atomic E-state index is 14.0. The second kappa shape index (κ2) is 11.4. The van der Waals surface area contributed by atoms with Crippen LogP contribution in [-0.4, -0.2) is 44.9 Å². The van der Waals surface area contributed by atoms with Crippen LogP contribution in [0.1, 0.15) is 37.8 Å². The predicted molar refractivity (Wildman–Crippen MR) is 129 cm³/mol. The second-order valence-corrected chi connectivity index (χ2v) is 10.9. The first-order valence-electron chi connectivity index (χ1n) is 11.1. The van der Waals surface area contributed by atoms with E-state index in [-0.39, 0.29) is 41.6 Å². The number of hydrogen-bond acceptors (Lipinski definition) is 5. The number of amides is 1. The van der Waals surface area contributed by atoms with Crippen molar-refractivity contribution in [1.82, 2.24) is 9.62 Å². The zero-order valence-corrected chi connectivity index (χ0v) is 21.1. The summed E-state index contributed by atoms with van der Waals surface area (Å²) in [7, 11) is -2.19. The lowest BCUT2D eigenvalue weighted by atomic mass is 9.97. The average molecular weight is 513 g/mol. The van der Waals surface area contributed by atoms with E-state index in [1.165, 1.54) is 22.5 Å². The fourth-order valence-corrected chi connectivity index (χ4v) is 5.76. The Morgan fingerprint density at radius 2 is 1.91 bits per heavy atom. The van der Waals surface area contributed by atoms with E-state index in [9.17, 15) is 17.6 Å². The number of ether oxygens (including phenoxy) is 2. The summed E-state index contributed by atoms with van der Waals surface area (Å²) in [4.78, 5) is 12.7. The number of piperidine rings is 1. The van der Waals surface area contributed by atoms with Crippen LogP contribution < -0.4 is 14.8 Å². The topological polar surface area (TPSA) is 84.9 Å². The average Bonchev–Trinajstić information content (AvgIpc) is 2.80. The van der Waals surface area contributed by atoms with Gasteiger partial charge in [0, 0.05) is 36.1 Å². The van der Waals surface area contributed by atoms with Crippen molar-refractivity contribution < 1.29 is 27.1 Å². The molecular formula is C24H30ClFN2O5S. The molecule has 1 aliphatic rings. The highest BCUT2D eigenvalue weighted by atomic mass is 35.5. The minimum absolute atomic E-state index is 0.0119. The van der Waals surface area contributed by atoms with Crippen LogP contribution >= 0.6 is 11.6 Å². The van der Waals surface area contributed by atoms with Gasteiger partial charge >= 0.3 is 0 Å². The minimum Gasteiger partial charge on any atom is -0.493 e. The van der Waals surface area contributed by atoms with Crippen LogP contribution in [0.2, 0.25) is 5.02 Å². The number of benzene rings is 2. The van der Waals surface area contributed by atoms with Gasteiger partial charge in [0.25, 0.3) is 0 Å². The van der Waals surface area contributed by atoms with Crippen LogP contribution in [0.15, 0.2) is 36.4 Å². The summed E-state index contributed by atoms with van der Waals surface area (Å²) in [6.45, 7) is 4.57. The van der Waals surface area contributed by atoms with Gasteiger partial charge in [0.05, 0.1) is 19.0 Å². The van der Waals surface area contributed by atoms with Crippen LogP contribution in [0.25, 0.3) is 0 Å². The van der Waals surface area contributed by atoms with Crippen LogP contribution in [0, 0.1) is 11.7 Å². The van der Waals surface area contributed by atoms with Gasteiger partial charge in [-0.3, -0.25) is 4.79 Å². The molecule has 0 aliphatic carbocycles. The Morgan fingerprint density at radius 3 is 2.53 bits per heavy atom. The third kappa shape index (κ3) is 6.61. The van der Waals surface area contributed by atoms with Crippen molar-refractivity contribution in [3.8, 4) is 11.5 Å². The molecule has 0 spiro atoms. The van der Waals surface area contributed by atoms with E-state index >= 15 is 0 Å². The Hall–Kier alpha value is -2.36. The van der Waals surface area contributed by atoms with Gasteiger partial charge in [-0.25, -0.2) is 17.1 Å². The number of carbonyl (C=O) groups excluding carboxylic acids is 1. The van der Waals surface area contributed by atoms with E-state index in [2.05, 4.69) is 5.32 Å². The fourth-order valence-electron chi connectivity index (χ4n) is 3.85. The lowest BCUT2D eigenvalue weighted by Gasteiger charge is -2.30. The largest absolute Gasteiger partial charge is 0.493 e. The molecule has 0 aromatic heterocycles. The third-order valence-corrected chi connectivity index (χ3v) is 7.82. The highest BCUT2D eigenvalue weighted by Gasteiger charge is 2.32. The molecule has 2 aromatic rings. The molecule has 186 valence electrons. The van der Waals surface area contributed by atoms with Crippen LogP contribution in [-0.2, 0) is 27.1 Å². The number of rotatable bonds is 9. The number of carbonyl (C=O) groups is 1. The molecule has 1 amide bonds. The molecule has 1 fully saturated rings. The van der Waals surface area contributed by atoms with Crippen molar-refractivity contribution >= 4 is 27.5 Å². The van der Waals surface area contributed by atoms with Crippen molar-refractivity contribution in [3.05, 3.63) is 58.4 Å². The highest BCUT2D eigenvalue weighted by molar-refractivity contribution is 7.88. The molecule has 0 saturated carbocycles. The Bertz CT molecular complexity index is 1100. The quantitative estimate of drug-likeness (QED) is 0.546. The Labute approximate surface area is 205 Å². The van der Waals surface area contributed by atoms with Crippen molar-refractivity contribution in [3.63, 3.8) is 0 Å². The van der Waals surface area contributed by atoms with Gasteiger partial charge in [-0.15, -0.1) is 0 Å². The molecular weight excluding hydrogens is 483 g/mol. The van der Waals surface area contributed by atoms with Crippen molar-refractivity contribution in [1.29, 1.82) is 0 Å². The number of halogens is 2. The molecule has 2 aromatic carbocycles. The molecule has 34 heavy (non-hydrogen) atoms. The molecule has 7 nitrogen and oxygen atoms in total. The molecule has 1 aliphatic heterocycles. The second-order valence-electron chi connectivity index (χ2n) is 8.50. The Morgan fingerprint density at radius 1 is 1.21 bits per heavy atom. The van der Waals surface area contributed by atoms with E-state index < -0.39 is 21.6 Å². The summed E-state index contributed by atoms with van der Waals surface area (Å²) < 4.78 is 52.0. The standard InChI is InChI=1S/C24H30ClFN2O5S/c1-16(2)33-22-8-7-17(13-23(22)32-3)14-27-24(29)18-9-11-28(12-10-18)34(30,31)15-19-20(25)5-4-6-21(19)26/h4-8,13,16,18H,9-12,14-15H2,1-3H3,(H,27,29). The number of hydrogen-bond donors (Lipinski definition) is 1. The van der Waals surface area contributed by atoms with Gasteiger partial charge in [0.2, 0.25) is 15.9 Å². The van der Waals surface area contributed by atoms with E-state index in [0.29, 0.717) is 30.9 Å². The van der Waals surface area contributed by atoms with Crippen molar-refractivity contribution in [2.24, 2.45) is 5.92 Å². The van der Waals surface area contributed by atoms with Crippen LogP contribution in [0.5, 0.6) is 11.5 Å². The summed E-state index contributed by atoms with van der Waals surface area (Å²) in [6.07, 6.45) is 0.791. The molecule has 0 radical (unpaired) electrons. The Kier molecular flexibility index (Phi) is 8.78. The van der Waals surface area contributed by atoms with Gasteiger partial charge in [-0.1, -0.05) is 23.7 Å². The number of nitrogens with one attached hydrogen (secondary N) is 1. The summed E-state index contributed by atoms with van der Waals surface area (Å²) in [6, 6.07) is 9.58. The zero-order chi connectivity index (χ0) is 24.9. The van der Waals surface area contributed by atoms with Crippen molar-refractivity contribution in [2.45, 2.75) is 45.1 Å². The molecule has 1 saturated heterocycles. The van der Waals surface area contributed by atoms with Crippen LogP contribution in [0.4, 0.5) is 4.39 Å². The number of nitrogens with zero attached hydrogens (tertiary/aromatic N) is 1. The molecule has 0 atom stereocenters. The molecule has 0 bridgehead atoms. The Balaban J connectivity index is 1.53. The monoisotopic (exact) mass is 512 g/mol. The predicted octanol–water partition coefficient (Wildman–Crippen LogP) is 4.13. The van der Waals surface area contributed by atoms with E-state index in [0.717, 1.165) is 5.56 Å². The number of methoxy groups -OCH3 is 1. The normalized spacial score (nSPS) is 15.4. The molecule has 3 rings (SSSR count). The van der Waals surface area contributed by atoms with E-state index in [4.69, 9.17) is 21.1 Å². The van der Waals surface area contributed by atoms with Gasteiger partial charge in [0.1, 0.15) is 5.82 Å². The lowest BCUT2D eigenvalue weighted by molar-refractivity contribution is -0.126. The first-order chi connectivity index (χ1) is 16.1. The number of sulfonamides is 1. The molecule has 0 unspecified atom stereocenters. The van der Waals surface area contributed by atoms with Gasteiger partial charge in [-0.2, -0.15) is 0 Å². The van der Waals surface area contributed by atoms with Gasteiger partial charge < -0.3 is 14.8 Å². The van der Waals surface area contributed by atoms with E-state index in [1.54, 1.807) is 7.11 Å². The van der Waals surface area contributed by atoms with Crippen molar-refractivity contribution in [2.75, 3.05) is 20.2 Å². The molecule has 1 N–H and O–H groups in total. The SMILES string of the molecule is COc1cc(CNC(=O)C2CCN(S(=O)(=O)Cc3c(F)cccc3Cl)CC2)ccc1OC(C)C. The minimum atomic E-state index is -3.75. The fraction of sp³-hybridized carbons (Fsp3) is 0.458. The summed E-state index contributed by atoms with van der Waals surface area (Å²) in [5.41, 5.74) is 0.826. The van der Waals surface area contributed by atoms with Crippen LogP contribution in [0.3, 0.4) is 0 Å². The van der Waals surface area contributed by atoms with Gasteiger partial charge in [-0.05, 0) is 56.5 Å². The van der Waals surface area contributed by atoms with E-state index in [1.807, 2.05) is 32.0 Å². The summed E-state index contributed by atoms with van der Waals surface area (Å²) in [5, 5.41) is 3.00. The molecule has 10 heteroatoms. The smallest absolute Gasteiger partial charge is 0.223 e. The first kappa shape index (κ1) is 26.2.